The standard InChI is InChI=1S/C34H28N2O4S2/c37-28(21-23-13-5-1-6-14-23)35-29-32(38)36-30(27(22-41-33(29)36)42-26-19-11-4-12-20-26)34(39)40-31(24-15-7-2-8-16-24)25-17-9-3-10-18-25/h1-20,22,29-31,33H,21H2,(H,35,37)/t29-,30-,33-/m1/s1. The minimum Gasteiger partial charge on any atom is -0.451 e. The van der Waals surface area contributed by atoms with Crippen LogP contribution in [0.1, 0.15) is 22.8 Å². The maximum Gasteiger partial charge on any atom is 0.335 e. The zero-order chi connectivity index (χ0) is 28.9. The normalized spacial score (nSPS) is 19.4. The number of β-lactam (4-membered cyclic amide) rings is 1. The lowest BCUT2D eigenvalue weighted by Gasteiger charge is -2.51. The molecule has 210 valence electrons. The number of fused-ring (bicyclic) bond motifs is 1. The average molecular weight is 593 g/mol. The number of esters is 1. The fraction of sp³-hybridized carbons (Fsp3) is 0.147. The van der Waals surface area contributed by atoms with Crippen molar-refractivity contribution in [1.82, 2.24) is 10.2 Å². The summed E-state index contributed by atoms with van der Waals surface area (Å²) in [4.78, 5) is 43.7. The smallest absolute Gasteiger partial charge is 0.335 e. The van der Waals surface area contributed by atoms with E-state index in [9.17, 15) is 14.4 Å². The van der Waals surface area contributed by atoms with Crippen LogP contribution >= 0.6 is 23.5 Å². The van der Waals surface area contributed by atoms with Gasteiger partial charge in [0.15, 0.2) is 12.1 Å². The SMILES string of the molecule is O=C(Cc1ccccc1)N[C@@H]1C(=O)N2[C@@H](C(=O)OC(c3ccccc3)c3ccccc3)C(Sc3ccccc3)=CS[C@H]12. The van der Waals surface area contributed by atoms with Gasteiger partial charge in [-0.15, -0.1) is 11.8 Å². The van der Waals surface area contributed by atoms with Crippen LogP contribution in [0.2, 0.25) is 0 Å². The molecule has 0 unspecified atom stereocenters. The molecule has 0 bridgehead atoms. The van der Waals surface area contributed by atoms with E-state index in [4.69, 9.17) is 4.74 Å². The van der Waals surface area contributed by atoms with E-state index in [1.807, 2.05) is 127 Å². The Labute approximate surface area is 253 Å². The number of ether oxygens (including phenoxy) is 1. The second-order valence-corrected chi connectivity index (χ2v) is 12.1. The fourth-order valence-electron chi connectivity index (χ4n) is 5.08. The Hall–Kier alpha value is -4.27. The van der Waals surface area contributed by atoms with Crippen molar-refractivity contribution in [2.75, 3.05) is 0 Å². The monoisotopic (exact) mass is 592 g/mol. The molecule has 6 rings (SSSR count). The molecule has 2 aliphatic rings. The van der Waals surface area contributed by atoms with Crippen LogP contribution in [0.4, 0.5) is 0 Å². The van der Waals surface area contributed by atoms with Crippen molar-refractivity contribution in [3.8, 4) is 0 Å². The highest BCUT2D eigenvalue weighted by atomic mass is 32.2. The van der Waals surface area contributed by atoms with Crippen LogP contribution in [0.25, 0.3) is 0 Å². The molecule has 0 radical (unpaired) electrons. The maximum atomic E-state index is 14.1. The van der Waals surface area contributed by atoms with Gasteiger partial charge < -0.3 is 15.0 Å². The second-order valence-electron chi connectivity index (χ2n) is 9.96. The molecule has 3 atom stereocenters. The Balaban J connectivity index is 1.26. The summed E-state index contributed by atoms with van der Waals surface area (Å²) >= 11 is 2.87. The zero-order valence-corrected chi connectivity index (χ0v) is 24.2. The number of hydrogen-bond acceptors (Lipinski definition) is 6. The molecule has 42 heavy (non-hydrogen) atoms. The topological polar surface area (TPSA) is 75.7 Å². The van der Waals surface area contributed by atoms with E-state index in [0.717, 1.165) is 21.6 Å². The Kier molecular flexibility index (Phi) is 8.44. The molecule has 2 amide bonds. The van der Waals surface area contributed by atoms with E-state index in [2.05, 4.69) is 5.32 Å². The molecule has 0 aliphatic carbocycles. The second kappa shape index (κ2) is 12.7. The highest BCUT2D eigenvalue weighted by Gasteiger charge is 2.56. The first-order chi connectivity index (χ1) is 20.6. The predicted molar refractivity (Wildman–Crippen MR) is 165 cm³/mol. The van der Waals surface area contributed by atoms with Gasteiger partial charge in [0.1, 0.15) is 11.4 Å². The lowest BCUT2D eigenvalue weighted by molar-refractivity contribution is -0.165. The first-order valence-corrected chi connectivity index (χ1v) is 15.4. The molecule has 1 saturated heterocycles. The van der Waals surface area contributed by atoms with E-state index >= 15 is 0 Å². The summed E-state index contributed by atoms with van der Waals surface area (Å²) in [6.45, 7) is 0. The van der Waals surface area contributed by atoms with Gasteiger partial charge in [0, 0.05) is 9.80 Å². The van der Waals surface area contributed by atoms with Gasteiger partial charge in [-0.05, 0) is 34.2 Å². The lowest BCUT2D eigenvalue weighted by atomic mass is 10.00. The third-order valence-corrected chi connectivity index (χ3v) is 9.52. The molecule has 1 fully saturated rings. The molecule has 0 aromatic heterocycles. The summed E-state index contributed by atoms with van der Waals surface area (Å²) in [5, 5.41) is 4.40. The van der Waals surface area contributed by atoms with E-state index in [0.29, 0.717) is 4.91 Å². The predicted octanol–water partition coefficient (Wildman–Crippen LogP) is 5.96. The van der Waals surface area contributed by atoms with E-state index in [1.165, 1.54) is 23.5 Å². The molecular weight excluding hydrogens is 565 g/mol. The summed E-state index contributed by atoms with van der Waals surface area (Å²) in [7, 11) is 0. The summed E-state index contributed by atoms with van der Waals surface area (Å²) in [6, 6.07) is 36.6. The fourth-order valence-corrected chi connectivity index (χ4v) is 7.43. The Bertz CT molecular complexity index is 1540. The Morgan fingerprint density at radius 1 is 0.810 bits per heavy atom. The van der Waals surface area contributed by atoms with Crippen LogP contribution in [0.3, 0.4) is 0 Å². The number of carbonyl (C=O) groups excluding carboxylic acids is 3. The number of benzene rings is 4. The van der Waals surface area contributed by atoms with Crippen molar-refractivity contribution in [2.45, 2.75) is 34.9 Å². The van der Waals surface area contributed by atoms with Crippen LogP contribution in [0.15, 0.2) is 137 Å². The molecule has 0 spiro atoms. The van der Waals surface area contributed by atoms with Gasteiger partial charge in [-0.1, -0.05) is 121 Å². The molecule has 4 aromatic carbocycles. The van der Waals surface area contributed by atoms with Crippen LogP contribution in [0, 0.1) is 0 Å². The van der Waals surface area contributed by atoms with Crippen molar-refractivity contribution in [3.05, 3.63) is 148 Å². The molecule has 1 N–H and O–H groups in total. The summed E-state index contributed by atoms with van der Waals surface area (Å²) in [6.07, 6.45) is -0.470. The molecule has 6 nitrogen and oxygen atoms in total. The minimum absolute atomic E-state index is 0.175. The number of nitrogens with one attached hydrogen (secondary N) is 1. The molecule has 0 saturated carbocycles. The summed E-state index contributed by atoms with van der Waals surface area (Å²) in [5.41, 5.74) is 2.53. The summed E-state index contributed by atoms with van der Waals surface area (Å²) < 4.78 is 6.24. The van der Waals surface area contributed by atoms with Crippen LogP contribution in [-0.2, 0) is 25.5 Å². The van der Waals surface area contributed by atoms with Crippen molar-refractivity contribution in [1.29, 1.82) is 0 Å². The highest BCUT2D eigenvalue weighted by molar-refractivity contribution is 8.06. The first-order valence-electron chi connectivity index (χ1n) is 13.6. The molecule has 2 heterocycles. The van der Waals surface area contributed by atoms with Gasteiger partial charge in [0.25, 0.3) is 0 Å². The molecule has 4 aromatic rings. The largest absolute Gasteiger partial charge is 0.451 e. The Morgan fingerprint density at radius 2 is 1.36 bits per heavy atom. The molecule has 8 heteroatoms. The quantitative estimate of drug-likeness (QED) is 0.191. The lowest BCUT2D eigenvalue weighted by Crippen LogP contribution is -2.73. The van der Waals surface area contributed by atoms with Gasteiger partial charge >= 0.3 is 5.97 Å². The van der Waals surface area contributed by atoms with E-state index in [1.54, 1.807) is 4.90 Å². The van der Waals surface area contributed by atoms with Crippen LogP contribution < -0.4 is 5.32 Å². The van der Waals surface area contributed by atoms with Gasteiger partial charge in [-0.25, -0.2) is 4.79 Å². The maximum absolute atomic E-state index is 14.1. The van der Waals surface area contributed by atoms with E-state index in [-0.39, 0.29) is 18.2 Å². The van der Waals surface area contributed by atoms with Crippen molar-refractivity contribution in [3.63, 3.8) is 0 Å². The average Bonchev–Trinajstić information content (AvgIpc) is 3.04. The first kappa shape index (κ1) is 27.9. The third-order valence-electron chi connectivity index (χ3n) is 7.12. The number of rotatable bonds is 9. The van der Waals surface area contributed by atoms with Gasteiger partial charge in [-0.3, -0.25) is 9.59 Å². The number of amides is 2. The molecular formula is C34H28N2O4S2. The molecule has 2 aliphatic heterocycles. The number of thioether (sulfide) groups is 2. The van der Waals surface area contributed by atoms with Crippen LogP contribution in [0.5, 0.6) is 0 Å². The Morgan fingerprint density at radius 3 is 1.95 bits per heavy atom. The van der Waals surface area contributed by atoms with Gasteiger partial charge in [0.05, 0.1) is 6.42 Å². The zero-order valence-electron chi connectivity index (χ0n) is 22.5. The van der Waals surface area contributed by atoms with Gasteiger partial charge in [-0.2, -0.15) is 0 Å². The van der Waals surface area contributed by atoms with Crippen molar-refractivity contribution < 1.29 is 19.1 Å². The third kappa shape index (κ3) is 6.00. The van der Waals surface area contributed by atoms with E-state index < -0.39 is 29.5 Å². The van der Waals surface area contributed by atoms with Gasteiger partial charge in [0.2, 0.25) is 11.8 Å². The highest BCUT2D eigenvalue weighted by Crippen LogP contribution is 2.46. The van der Waals surface area contributed by atoms with Crippen molar-refractivity contribution >= 4 is 41.3 Å². The number of hydrogen-bond donors (Lipinski definition) is 1. The number of carbonyl (C=O) groups is 3. The number of nitrogens with zero attached hydrogens (tertiary/aromatic N) is 1. The summed E-state index contributed by atoms with van der Waals surface area (Å²) in [5.74, 6) is -1.05. The minimum atomic E-state index is -0.939. The van der Waals surface area contributed by atoms with Crippen LogP contribution in [-0.4, -0.2) is 40.1 Å². The van der Waals surface area contributed by atoms with Crippen molar-refractivity contribution in [2.24, 2.45) is 0 Å².